The van der Waals surface area contributed by atoms with Gasteiger partial charge in [-0.1, -0.05) is 23.2 Å². The molecule has 0 spiro atoms. The molecule has 2 heterocycles. The lowest BCUT2D eigenvalue weighted by atomic mass is 10.0. The molecule has 0 saturated heterocycles. The molecule has 1 aliphatic heterocycles. The van der Waals surface area contributed by atoms with Gasteiger partial charge in [-0.3, -0.25) is 9.48 Å². The summed E-state index contributed by atoms with van der Waals surface area (Å²) in [6.45, 7) is 2.26. The van der Waals surface area contributed by atoms with E-state index in [2.05, 4.69) is 5.10 Å². The van der Waals surface area contributed by atoms with Crippen molar-refractivity contribution in [3.05, 3.63) is 51.0 Å². The van der Waals surface area contributed by atoms with Gasteiger partial charge in [0.25, 0.3) is 5.91 Å². The molecule has 0 unspecified atom stereocenters. The fourth-order valence-electron chi connectivity index (χ4n) is 2.94. The van der Waals surface area contributed by atoms with E-state index in [1.165, 1.54) is 27.8 Å². The Hall–Kier alpha value is -1.85. The van der Waals surface area contributed by atoms with E-state index in [1.807, 2.05) is 6.92 Å². The third-order valence-corrected chi connectivity index (χ3v) is 4.91. The van der Waals surface area contributed by atoms with Crippen molar-refractivity contribution >= 4 is 40.9 Å². The number of fused-ring (bicyclic) bond motifs is 1. The smallest absolute Gasteiger partial charge is 0.251 e. The SMILES string of the molecule is Cc1nn(C)c(Cl)c1/C=C/C(=O)N1CCCc2c(Cl)ccc(F)c21. The Labute approximate surface area is 149 Å². The first-order valence-electron chi connectivity index (χ1n) is 7.55. The second-order valence-corrected chi connectivity index (χ2v) is 6.46. The highest BCUT2D eigenvalue weighted by Crippen LogP contribution is 2.35. The highest BCUT2D eigenvalue weighted by molar-refractivity contribution is 6.32. The first-order chi connectivity index (χ1) is 11.4. The van der Waals surface area contributed by atoms with E-state index in [-0.39, 0.29) is 11.6 Å². The van der Waals surface area contributed by atoms with Gasteiger partial charge < -0.3 is 4.90 Å². The molecule has 1 aromatic carbocycles. The predicted molar refractivity (Wildman–Crippen MR) is 94.1 cm³/mol. The van der Waals surface area contributed by atoms with Gasteiger partial charge in [0.2, 0.25) is 0 Å². The molecular formula is C17H16Cl2FN3O. The normalized spacial score (nSPS) is 14.3. The number of hydrogen-bond donors (Lipinski definition) is 0. The minimum atomic E-state index is -0.438. The Morgan fingerprint density at radius 3 is 2.79 bits per heavy atom. The number of aryl methyl sites for hydroxylation is 2. The summed E-state index contributed by atoms with van der Waals surface area (Å²) < 4.78 is 15.8. The Morgan fingerprint density at radius 1 is 1.38 bits per heavy atom. The van der Waals surface area contributed by atoms with E-state index in [4.69, 9.17) is 23.2 Å². The van der Waals surface area contributed by atoms with E-state index >= 15 is 0 Å². The molecule has 1 aromatic heterocycles. The van der Waals surface area contributed by atoms with Crippen molar-refractivity contribution in [3.63, 3.8) is 0 Å². The lowest BCUT2D eigenvalue weighted by Crippen LogP contribution is -2.35. The summed E-state index contributed by atoms with van der Waals surface area (Å²) in [6.07, 6.45) is 4.41. The minimum Gasteiger partial charge on any atom is -0.306 e. The fraction of sp³-hybridized carbons (Fsp3) is 0.294. The molecule has 7 heteroatoms. The van der Waals surface area contributed by atoms with Crippen LogP contribution >= 0.6 is 23.2 Å². The Bertz CT molecular complexity index is 845. The van der Waals surface area contributed by atoms with Gasteiger partial charge in [0, 0.05) is 30.3 Å². The summed E-state index contributed by atoms with van der Waals surface area (Å²) >= 11 is 12.3. The highest BCUT2D eigenvalue weighted by atomic mass is 35.5. The van der Waals surface area contributed by atoms with Gasteiger partial charge in [-0.05, 0) is 43.5 Å². The maximum Gasteiger partial charge on any atom is 0.251 e. The lowest BCUT2D eigenvalue weighted by molar-refractivity contribution is -0.114. The molecule has 2 aromatic rings. The van der Waals surface area contributed by atoms with Crippen LogP contribution in [-0.4, -0.2) is 22.2 Å². The molecular weight excluding hydrogens is 352 g/mol. The Kier molecular flexibility index (Phi) is 4.65. The van der Waals surface area contributed by atoms with Crippen molar-refractivity contribution < 1.29 is 9.18 Å². The highest BCUT2D eigenvalue weighted by Gasteiger charge is 2.26. The maximum absolute atomic E-state index is 14.2. The molecule has 0 N–H and O–H groups in total. The van der Waals surface area contributed by atoms with Gasteiger partial charge in [-0.25, -0.2) is 4.39 Å². The molecule has 3 rings (SSSR count). The number of amides is 1. The molecule has 0 saturated carbocycles. The van der Waals surface area contributed by atoms with Gasteiger partial charge in [0.1, 0.15) is 11.0 Å². The summed E-state index contributed by atoms with van der Waals surface area (Å²) in [5, 5.41) is 5.13. The fourth-order valence-corrected chi connectivity index (χ4v) is 3.42. The number of nitrogens with zero attached hydrogens (tertiary/aromatic N) is 3. The summed E-state index contributed by atoms with van der Waals surface area (Å²) in [6, 6.07) is 2.82. The van der Waals surface area contributed by atoms with Crippen LogP contribution in [0.3, 0.4) is 0 Å². The number of carbonyl (C=O) groups is 1. The minimum absolute atomic E-state index is 0.275. The third-order valence-electron chi connectivity index (χ3n) is 4.11. The zero-order valence-electron chi connectivity index (χ0n) is 13.3. The third kappa shape index (κ3) is 2.94. The van der Waals surface area contributed by atoms with Crippen molar-refractivity contribution in [2.24, 2.45) is 7.05 Å². The molecule has 24 heavy (non-hydrogen) atoms. The summed E-state index contributed by atoms with van der Waals surface area (Å²) in [5.74, 6) is -0.747. The number of anilines is 1. The monoisotopic (exact) mass is 367 g/mol. The molecule has 0 radical (unpaired) electrons. The molecule has 4 nitrogen and oxygen atoms in total. The van der Waals surface area contributed by atoms with Crippen molar-refractivity contribution in [1.29, 1.82) is 0 Å². The van der Waals surface area contributed by atoms with Crippen LogP contribution in [0, 0.1) is 12.7 Å². The number of carbonyl (C=O) groups excluding carboxylic acids is 1. The predicted octanol–water partition coefficient (Wildman–Crippen LogP) is 4.17. The van der Waals surface area contributed by atoms with Crippen LogP contribution in [0.1, 0.15) is 23.2 Å². The van der Waals surface area contributed by atoms with Gasteiger partial charge in [-0.15, -0.1) is 0 Å². The molecule has 0 fully saturated rings. The van der Waals surface area contributed by atoms with Crippen LogP contribution < -0.4 is 4.90 Å². The number of aromatic nitrogens is 2. The average Bonchev–Trinajstić information content (AvgIpc) is 2.81. The van der Waals surface area contributed by atoms with Crippen molar-refractivity contribution in [2.45, 2.75) is 19.8 Å². The first kappa shape index (κ1) is 17.0. The second kappa shape index (κ2) is 6.57. The van der Waals surface area contributed by atoms with Crippen LogP contribution in [-0.2, 0) is 18.3 Å². The van der Waals surface area contributed by atoms with Gasteiger partial charge >= 0.3 is 0 Å². The van der Waals surface area contributed by atoms with Crippen LogP contribution in [0.15, 0.2) is 18.2 Å². The van der Waals surface area contributed by atoms with Gasteiger partial charge in [0.05, 0.1) is 11.4 Å². The van der Waals surface area contributed by atoms with E-state index < -0.39 is 5.82 Å². The van der Waals surface area contributed by atoms with E-state index in [1.54, 1.807) is 13.1 Å². The Morgan fingerprint density at radius 2 is 2.12 bits per heavy atom. The van der Waals surface area contributed by atoms with E-state index in [9.17, 15) is 9.18 Å². The first-order valence-corrected chi connectivity index (χ1v) is 8.31. The molecule has 1 amide bonds. The summed E-state index contributed by atoms with van der Waals surface area (Å²) in [5.41, 5.74) is 2.36. The van der Waals surface area contributed by atoms with Crippen LogP contribution in [0.25, 0.3) is 6.08 Å². The van der Waals surface area contributed by atoms with E-state index in [0.29, 0.717) is 34.3 Å². The average molecular weight is 368 g/mol. The molecule has 126 valence electrons. The summed E-state index contributed by atoms with van der Waals surface area (Å²) in [4.78, 5) is 14.0. The Balaban J connectivity index is 1.93. The largest absolute Gasteiger partial charge is 0.306 e. The van der Waals surface area contributed by atoms with Gasteiger partial charge in [0.15, 0.2) is 0 Å². The zero-order valence-corrected chi connectivity index (χ0v) is 14.8. The topological polar surface area (TPSA) is 38.1 Å². The maximum atomic E-state index is 14.2. The standard InChI is InChI=1S/C17H16Cl2FN3O/c1-10-11(17(19)22(2)21-10)5-8-15(24)23-9-3-4-12-13(18)6-7-14(20)16(12)23/h5-8H,3-4,9H2,1-2H3/b8-5+. The zero-order chi connectivity index (χ0) is 17.4. The van der Waals surface area contributed by atoms with Gasteiger partial charge in [-0.2, -0.15) is 5.10 Å². The summed E-state index contributed by atoms with van der Waals surface area (Å²) in [7, 11) is 1.73. The number of hydrogen-bond acceptors (Lipinski definition) is 2. The number of rotatable bonds is 2. The van der Waals surface area contributed by atoms with Crippen LogP contribution in [0.5, 0.6) is 0 Å². The lowest BCUT2D eigenvalue weighted by Gasteiger charge is -2.29. The molecule has 0 bridgehead atoms. The van der Waals surface area contributed by atoms with Crippen LogP contribution in [0.2, 0.25) is 10.2 Å². The van der Waals surface area contributed by atoms with Crippen molar-refractivity contribution in [1.82, 2.24) is 9.78 Å². The van der Waals surface area contributed by atoms with E-state index in [0.717, 1.165) is 12.1 Å². The molecule has 0 atom stereocenters. The second-order valence-electron chi connectivity index (χ2n) is 5.70. The van der Waals surface area contributed by atoms with Crippen molar-refractivity contribution in [3.8, 4) is 0 Å². The quantitative estimate of drug-likeness (QED) is 0.747. The number of benzene rings is 1. The van der Waals surface area contributed by atoms with Crippen LogP contribution in [0.4, 0.5) is 10.1 Å². The van der Waals surface area contributed by atoms with Crippen molar-refractivity contribution in [2.75, 3.05) is 11.4 Å². The number of halogens is 3. The molecule has 1 aliphatic rings. The molecule has 0 aliphatic carbocycles.